The minimum Gasteiger partial charge on any atom is -0.355 e. The van der Waals surface area contributed by atoms with E-state index in [0.29, 0.717) is 31.1 Å². The molecule has 0 aliphatic rings. The highest BCUT2D eigenvalue weighted by atomic mass is 32.1. The van der Waals surface area contributed by atoms with Crippen LogP contribution < -0.4 is 5.32 Å². The number of amides is 1. The zero-order valence-corrected chi connectivity index (χ0v) is 13.9. The highest BCUT2D eigenvalue weighted by Gasteiger charge is 2.11. The number of hydrogen-bond donors (Lipinski definition) is 1. The number of thiophene rings is 1. The third-order valence-corrected chi connectivity index (χ3v) is 4.14. The van der Waals surface area contributed by atoms with E-state index in [-0.39, 0.29) is 5.91 Å². The SMILES string of the molecule is CCN(CC)CCNC(=O)CCc1nc(-c2ccsc2)no1. The predicted octanol–water partition coefficient (Wildman–Crippen LogP) is 2.19. The second-order valence-corrected chi connectivity index (χ2v) is 5.68. The molecule has 0 aliphatic carbocycles. The van der Waals surface area contributed by atoms with Gasteiger partial charge < -0.3 is 14.7 Å². The average molecular weight is 322 g/mol. The maximum Gasteiger partial charge on any atom is 0.227 e. The van der Waals surface area contributed by atoms with Gasteiger partial charge in [-0.05, 0) is 24.5 Å². The molecule has 120 valence electrons. The summed E-state index contributed by atoms with van der Waals surface area (Å²) in [4.78, 5) is 18.4. The van der Waals surface area contributed by atoms with Gasteiger partial charge in [0.05, 0.1) is 0 Å². The largest absolute Gasteiger partial charge is 0.355 e. The Hall–Kier alpha value is -1.73. The molecule has 0 spiro atoms. The number of nitrogens with one attached hydrogen (secondary N) is 1. The molecule has 1 amide bonds. The Morgan fingerprint density at radius 1 is 1.41 bits per heavy atom. The Bertz CT molecular complexity index is 564. The summed E-state index contributed by atoms with van der Waals surface area (Å²) in [7, 11) is 0. The van der Waals surface area contributed by atoms with Gasteiger partial charge in [0.15, 0.2) is 0 Å². The summed E-state index contributed by atoms with van der Waals surface area (Å²) in [5.41, 5.74) is 0.948. The second-order valence-electron chi connectivity index (χ2n) is 4.90. The molecule has 22 heavy (non-hydrogen) atoms. The molecular weight excluding hydrogens is 300 g/mol. The molecule has 0 radical (unpaired) electrons. The summed E-state index contributed by atoms with van der Waals surface area (Å²) in [5.74, 6) is 1.10. The van der Waals surface area contributed by atoms with Crippen molar-refractivity contribution in [3.05, 3.63) is 22.7 Å². The van der Waals surface area contributed by atoms with Crippen LogP contribution in [0.4, 0.5) is 0 Å². The van der Waals surface area contributed by atoms with Gasteiger partial charge in [-0.15, -0.1) is 0 Å². The van der Waals surface area contributed by atoms with Crippen LogP contribution in [0.5, 0.6) is 0 Å². The van der Waals surface area contributed by atoms with Crippen LogP contribution in [0.15, 0.2) is 21.3 Å². The summed E-state index contributed by atoms with van der Waals surface area (Å²) >= 11 is 1.59. The molecule has 0 saturated carbocycles. The molecule has 0 saturated heterocycles. The van der Waals surface area contributed by atoms with E-state index in [9.17, 15) is 4.79 Å². The van der Waals surface area contributed by atoms with Gasteiger partial charge in [0, 0.05) is 36.9 Å². The van der Waals surface area contributed by atoms with Crippen LogP contribution in [0.25, 0.3) is 11.4 Å². The monoisotopic (exact) mass is 322 g/mol. The number of carbonyl (C=O) groups is 1. The lowest BCUT2D eigenvalue weighted by Crippen LogP contribution is -2.34. The average Bonchev–Trinajstić information content (AvgIpc) is 3.20. The summed E-state index contributed by atoms with van der Waals surface area (Å²) in [6.07, 6.45) is 0.831. The highest BCUT2D eigenvalue weighted by Crippen LogP contribution is 2.18. The molecule has 2 aromatic rings. The second kappa shape index (κ2) is 8.65. The van der Waals surface area contributed by atoms with E-state index >= 15 is 0 Å². The quantitative estimate of drug-likeness (QED) is 0.766. The van der Waals surface area contributed by atoms with E-state index in [1.165, 1.54) is 0 Å². The summed E-state index contributed by atoms with van der Waals surface area (Å²) in [5, 5.41) is 10.8. The highest BCUT2D eigenvalue weighted by molar-refractivity contribution is 7.08. The summed E-state index contributed by atoms with van der Waals surface area (Å²) in [6.45, 7) is 7.78. The van der Waals surface area contributed by atoms with Gasteiger partial charge in [-0.2, -0.15) is 16.3 Å². The molecule has 0 atom stereocenters. The first kappa shape index (κ1) is 16.6. The van der Waals surface area contributed by atoms with Crippen LogP contribution >= 0.6 is 11.3 Å². The summed E-state index contributed by atoms with van der Waals surface area (Å²) < 4.78 is 5.17. The van der Waals surface area contributed by atoms with Crippen LogP contribution in [-0.2, 0) is 11.2 Å². The number of hydrogen-bond acceptors (Lipinski definition) is 6. The Kier molecular flexibility index (Phi) is 6.54. The van der Waals surface area contributed by atoms with Crippen LogP contribution in [0, 0.1) is 0 Å². The first-order valence-corrected chi connectivity index (χ1v) is 8.51. The van der Waals surface area contributed by atoms with E-state index in [2.05, 4.69) is 34.2 Å². The number of aryl methyl sites for hydroxylation is 1. The molecule has 2 rings (SSSR count). The minimum atomic E-state index is 0.0161. The van der Waals surface area contributed by atoms with Crippen molar-refractivity contribution in [1.29, 1.82) is 0 Å². The number of likely N-dealkylation sites (N-methyl/N-ethyl adjacent to an activating group) is 1. The van der Waals surface area contributed by atoms with E-state index in [4.69, 9.17) is 4.52 Å². The van der Waals surface area contributed by atoms with E-state index in [1.54, 1.807) is 11.3 Å². The van der Waals surface area contributed by atoms with E-state index in [0.717, 1.165) is 25.2 Å². The number of aromatic nitrogens is 2. The fraction of sp³-hybridized carbons (Fsp3) is 0.533. The van der Waals surface area contributed by atoms with Gasteiger partial charge in [-0.3, -0.25) is 4.79 Å². The lowest BCUT2D eigenvalue weighted by atomic mass is 10.3. The predicted molar refractivity (Wildman–Crippen MR) is 86.7 cm³/mol. The van der Waals surface area contributed by atoms with Crippen molar-refractivity contribution < 1.29 is 9.32 Å². The number of rotatable bonds is 9. The smallest absolute Gasteiger partial charge is 0.227 e. The van der Waals surface area contributed by atoms with Gasteiger partial charge in [0.2, 0.25) is 17.6 Å². The summed E-state index contributed by atoms with van der Waals surface area (Å²) in [6, 6.07) is 1.94. The van der Waals surface area contributed by atoms with Crippen molar-refractivity contribution >= 4 is 17.2 Å². The van der Waals surface area contributed by atoms with Crippen molar-refractivity contribution in [1.82, 2.24) is 20.4 Å². The van der Waals surface area contributed by atoms with Crippen molar-refractivity contribution in [3.63, 3.8) is 0 Å². The zero-order chi connectivity index (χ0) is 15.8. The normalized spacial score (nSPS) is 11.0. The topological polar surface area (TPSA) is 71.3 Å². The molecule has 0 bridgehead atoms. The van der Waals surface area contributed by atoms with E-state index < -0.39 is 0 Å². The van der Waals surface area contributed by atoms with Gasteiger partial charge in [-0.1, -0.05) is 19.0 Å². The molecule has 1 N–H and O–H groups in total. The molecule has 2 aromatic heterocycles. The lowest BCUT2D eigenvalue weighted by molar-refractivity contribution is -0.121. The first-order chi connectivity index (χ1) is 10.7. The van der Waals surface area contributed by atoms with Gasteiger partial charge in [0.1, 0.15) is 0 Å². The Morgan fingerprint density at radius 3 is 2.91 bits per heavy atom. The maximum atomic E-state index is 11.8. The Morgan fingerprint density at radius 2 is 2.23 bits per heavy atom. The fourth-order valence-electron chi connectivity index (χ4n) is 2.07. The lowest BCUT2D eigenvalue weighted by Gasteiger charge is -2.17. The fourth-order valence-corrected chi connectivity index (χ4v) is 2.70. The standard InChI is InChI=1S/C15H22N4O2S/c1-3-19(4-2)9-8-16-13(20)5-6-14-17-15(18-21-14)12-7-10-22-11-12/h7,10-11H,3-6,8-9H2,1-2H3,(H,16,20). The van der Waals surface area contributed by atoms with Crippen molar-refractivity contribution in [2.75, 3.05) is 26.2 Å². The van der Waals surface area contributed by atoms with Crippen LogP contribution in [0.3, 0.4) is 0 Å². The van der Waals surface area contributed by atoms with E-state index in [1.807, 2.05) is 16.8 Å². The molecular formula is C15H22N4O2S. The third kappa shape index (κ3) is 4.92. The minimum absolute atomic E-state index is 0.0161. The number of carbonyl (C=O) groups excluding carboxylic acids is 1. The van der Waals surface area contributed by atoms with Crippen LogP contribution in [0.2, 0.25) is 0 Å². The third-order valence-electron chi connectivity index (χ3n) is 3.46. The zero-order valence-electron chi connectivity index (χ0n) is 13.0. The van der Waals surface area contributed by atoms with Crippen molar-refractivity contribution in [3.8, 4) is 11.4 Å². The molecule has 6 nitrogen and oxygen atoms in total. The van der Waals surface area contributed by atoms with Gasteiger partial charge in [-0.25, -0.2) is 0 Å². The molecule has 7 heteroatoms. The Balaban J connectivity index is 1.70. The molecule has 0 aromatic carbocycles. The van der Waals surface area contributed by atoms with Gasteiger partial charge in [0.25, 0.3) is 0 Å². The molecule has 0 fully saturated rings. The van der Waals surface area contributed by atoms with Gasteiger partial charge >= 0.3 is 0 Å². The van der Waals surface area contributed by atoms with Crippen molar-refractivity contribution in [2.24, 2.45) is 0 Å². The molecule has 2 heterocycles. The van der Waals surface area contributed by atoms with Crippen molar-refractivity contribution in [2.45, 2.75) is 26.7 Å². The maximum absolute atomic E-state index is 11.8. The van der Waals surface area contributed by atoms with Crippen LogP contribution in [0.1, 0.15) is 26.2 Å². The number of nitrogens with zero attached hydrogens (tertiary/aromatic N) is 3. The first-order valence-electron chi connectivity index (χ1n) is 7.57. The van der Waals surface area contributed by atoms with Crippen LogP contribution in [-0.4, -0.2) is 47.1 Å². The Labute approximate surface area is 134 Å². The molecule has 0 unspecified atom stereocenters. The molecule has 0 aliphatic heterocycles.